The molecule has 3 rings (SSSR count). The van der Waals surface area contributed by atoms with Crippen LogP contribution in [0.1, 0.15) is 11.3 Å². The number of nitrogens with one attached hydrogen (secondary N) is 1. The van der Waals surface area contributed by atoms with Crippen LogP contribution in [0.5, 0.6) is 5.75 Å². The smallest absolute Gasteiger partial charge is 0.276 e. The van der Waals surface area contributed by atoms with Gasteiger partial charge in [-0.2, -0.15) is 0 Å². The number of aromatic amines is 1. The number of aryl methyl sites for hydroxylation is 2. The molecule has 0 radical (unpaired) electrons. The molecule has 0 aliphatic heterocycles. The Bertz CT molecular complexity index is 932. The van der Waals surface area contributed by atoms with Gasteiger partial charge in [0.15, 0.2) is 0 Å². The predicted molar refractivity (Wildman–Crippen MR) is 92.0 cm³/mol. The highest BCUT2D eigenvalue weighted by molar-refractivity contribution is 5.81. The van der Waals surface area contributed by atoms with E-state index < -0.39 is 9.85 Å². The minimum absolute atomic E-state index is 0.273. The van der Waals surface area contributed by atoms with Crippen molar-refractivity contribution in [3.63, 3.8) is 0 Å². The van der Waals surface area contributed by atoms with E-state index in [0.717, 1.165) is 28.4 Å². The number of H-pyrrole nitrogens is 1. The number of nitro groups is 2. The molecule has 25 heavy (non-hydrogen) atoms. The fourth-order valence-corrected chi connectivity index (χ4v) is 2.72. The van der Waals surface area contributed by atoms with Gasteiger partial charge in [0.05, 0.1) is 23.0 Å². The number of nitrogens with zero attached hydrogens (tertiary/aromatic N) is 2. The van der Waals surface area contributed by atoms with Crippen molar-refractivity contribution in [2.75, 3.05) is 7.11 Å². The standard InChI is InChI=1S/C17H15N3O5/c1-25-16-4-5-17-12(9-16)8-13(18-17)3-2-11-6-14(19(21)22)10-15(7-11)20(23)24/h4-10,18H,2-3H2,1H3. The zero-order valence-electron chi connectivity index (χ0n) is 13.4. The molecule has 0 atom stereocenters. The quantitative estimate of drug-likeness (QED) is 0.542. The Morgan fingerprint density at radius 2 is 1.64 bits per heavy atom. The van der Waals surface area contributed by atoms with Gasteiger partial charge < -0.3 is 9.72 Å². The molecule has 128 valence electrons. The number of rotatable bonds is 6. The predicted octanol–water partition coefficient (Wildman–Crippen LogP) is 3.78. The highest BCUT2D eigenvalue weighted by Crippen LogP contribution is 2.25. The van der Waals surface area contributed by atoms with Gasteiger partial charge in [0.25, 0.3) is 11.4 Å². The van der Waals surface area contributed by atoms with Gasteiger partial charge in [-0.15, -0.1) is 0 Å². The van der Waals surface area contributed by atoms with E-state index in [2.05, 4.69) is 4.98 Å². The summed E-state index contributed by atoms with van der Waals surface area (Å²) in [4.78, 5) is 23.9. The second-order valence-corrected chi connectivity index (χ2v) is 5.62. The summed E-state index contributed by atoms with van der Waals surface area (Å²) in [6.45, 7) is 0. The summed E-state index contributed by atoms with van der Waals surface area (Å²) >= 11 is 0. The van der Waals surface area contributed by atoms with Gasteiger partial charge in [0, 0.05) is 28.7 Å². The Balaban J connectivity index is 1.83. The molecule has 0 unspecified atom stereocenters. The third-order valence-corrected chi connectivity index (χ3v) is 3.95. The molecular weight excluding hydrogens is 326 g/mol. The lowest BCUT2D eigenvalue weighted by atomic mass is 10.1. The van der Waals surface area contributed by atoms with Gasteiger partial charge in [-0.1, -0.05) is 0 Å². The molecule has 8 heteroatoms. The number of hydrogen-bond donors (Lipinski definition) is 1. The van der Waals surface area contributed by atoms with Gasteiger partial charge in [0.2, 0.25) is 0 Å². The average molecular weight is 341 g/mol. The lowest BCUT2D eigenvalue weighted by Crippen LogP contribution is -1.97. The molecule has 8 nitrogen and oxygen atoms in total. The van der Waals surface area contributed by atoms with Crippen molar-refractivity contribution < 1.29 is 14.6 Å². The molecular formula is C17H15N3O5. The summed E-state index contributed by atoms with van der Waals surface area (Å²) in [6, 6.07) is 11.4. The first-order chi connectivity index (χ1) is 12.0. The van der Waals surface area contributed by atoms with E-state index in [1.54, 1.807) is 7.11 Å². The number of methoxy groups -OCH3 is 1. The molecule has 0 amide bonds. The minimum atomic E-state index is -0.619. The first-order valence-corrected chi connectivity index (χ1v) is 7.54. The van der Waals surface area contributed by atoms with Crippen molar-refractivity contribution in [2.45, 2.75) is 12.8 Å². The fourth-order valence-electron chi connectivity index (χ4n) is 2.72. The first kappa shape index (κ1) is 16.4. The molecule has 1 aromatic heterocycles. The van der Waals surface area contributed by atoms with Crippen LogP contribution in [0.4, 0.5) is 11.4 Å². The maximum atomic E-state index is 10.9. The average Bonchev–Trinajstić information content (AvgIpc) is 3.01. The third-order valence-electron chi connectivity index (χ3n) is 3.95. The fraction of sp³-hybridized carbons (Fsp3) is 0.176. The Hall–Kier alpha value is -3.42. The monoisotopic (exact) mass is 341 g/mol. The molecule has 0 saturated heterocycles. The van der Waals surface area contributed by atoms with Crippen LogP contribution >= 0.6 is 0 Å². The van der Waals surface area contributed by atoms with Crippen molar-refractivity contribution in [1.29, 1.82) is 0 Å². The molecule has 0 aliphatic rings. The van der Waals surface area contributed by atoms with Gasteiger partial charge in [0.1, 0.15) is 5.75 Å². The third kappa shape index (κ3) is 3.57. The van der Waals surface area contributed by atoms with E-state index >= 15 is 0 Å². The number of hydrogen-bond acceptors (Lipinski definition) is 5. The Labute approximate surface area is 142 Å². The maximum absolute atomic E-state index is 10.9. The van der Waals surface area contributed by atoms with Crippen LogP contribution in [0.25, 0.3) is 10.9 Å². The highest BCUT2D eigenvalue weighted by Gasteiger charge is 2.16. The molecule has 0 spiro atoms. The van der Waals surface area contributed by atoms with Crippen molar-refractivity contribution in [1.82, 2.24) is 4.98 Å². The zero-order valence-corrected chi connectivity index (χ0v) is 13.4. The number of benzene rings is 2. The van der Waals surface area contributed by atoms with Gasteiger partial charge >= 0.3 is 0 Å². The van der Waals surface area contributed by atoms with Gasteiger partial charge in [-0.05, 0) is 42.7 Å². The van der Waals surface area contributed by atoms with Gasteiger partial charge in [-0.3, -0.25) is 20.2 Å². The van der Waals surface area contributed by atoms with Crippen LogP contribution in [-0.4, -0.2) is 21.9 Å². The Morgan fingerprint density at radius 3 is 2.24 bits per heavy atom. The summed E-state index contributed by atoms with van der Waals surface area (Å²) in [7, 11) is 1.60. The van der Waals surface area contributed by atoms with E-state index in [1.807, 2.05) is 24.3 Å². The van der Waals surface area contributed by atoms with Crippen LogP contribution in [0.2, 0.25) is 0 Å². The molecule has 3 aromatic rings. The molecule has 0 bridgehead atoms. The van der Waals surface area contributed by atoms with Crippen LogP contribution in [0.3, 0.4) is 0 Å². The van der Waals surface area contributed by atoms with Crippen molar-refractivity contribution in [3.05, 3.63) is 74.0 Å². The Morgan fingerprint density at radius 1 is 0.960 bits per heavy atom. The normalized spacial score (nSPS) is 10.8. The van der Waals surface area contributed by atoms with Crippen molar-refractivity contribution >= 4 is 22.3 Å². The summed E-state index contributed by atoms with van der Waals surface area (Å²) in [5.74, 6) is 0.757. The number of non-ortho nitro benzene ring substituents is 2. The van der Waals surface area contributed by atoms with E-state index in [-0.39, 0.29) is 11.4 Å². The number of nitro benzene ring substituents is 2. The second-order valence-electron chi connectivity index (χ2n) is 5.62. The highest BCUT2D eigenvalue weighted by atomic mass is 16.6. The molecule has 0 aliphatic carbocycles. The summed E-state index contributed by atoms with van der Waals surface area (Å²) in [5, 5.41) is 22.9. The van der Waals surface area contributed by atoms with Crippen molar-refractivity contribution in [3.8, 4) is 5.75 Å². The number of fused-ring (bicyclic) bond motifs is 1. The lowest BCUT2D eigenvalue weighted by Gasteiger charge is -2.01. The summed E-state index contributed by atoms with van der Waals surface area (Å²) in [6.07, 6.45) is 1.03. The first-order valence-electron chi connectivity index (χ1n) is 7.54. The van der Waals surface area contributed by atoms with Gasteiger partial charge in [-0.25, -0.2) is 0 Å². The number of aromatic nitrogens is 1. The van der Waals surface area contributed by atoms with Crippen LogP contribution < -0.4 is 4.74 Å². The topological polar surface area (TPSA) is 111 Å². The Kier molecular flexibility index (Phi) is 4.34. The van der Waals surface area contributed by atoms with Crippen LogP contribution in [0.15, 0.2) is 42.5 Å². The van der Waals surface area contributed by atoms with Crippen molar-refractivity contribution in [2.24, 2.45) is 0 Å². The summed E-state index contributed by atoms with van der Waals surface area (Å²) < 4.78 is 5.19. The van der Waals surface area contributed by atoms with E-state index in [0.29, 0.717) is 18.4 Å². The SMILES string of the molecule is COc1ccc2[nH]c(CCc3cc([N+](=O)[O-])cc([N+](=O)[O-])c3)cc2c1. The minimum Gasteiger partial charge on any atom is -0.497 e. The molecule has 1 N–H and O–H groups in total. The maximum Gasteiger partial charge on any atom is 0.276 e. The molecule has 1 heterocycles. The van der Waals surface area contributed by atoms with E-state index in [1.165, 1.54) is 12.1 Å². The van der Waals surface area contributed by atoms with Crippen LogP contribution in [-0.2, 0) is 12.8 Å². The molecule has 2 aromatic carbocycles. The van der Waals surface area contributed by atoms with E-state index in [9.17, 15) is 20.2 Å². The van der Waals surface area contributed by atoms with E-state index in [4.69, 9.17) is 4.74 Å². The molecule has 0 fully saturated rings. The zero-order chi connectivity index (χ0) is 18.0. The summed E-state index contributed by atoms with van der Waals surface area (Å²) in [5.41, 5.74) is 1.91. The number of ether oxygens (including phenoxy) is 1. The second kappa shape index (κ2) is 6.60. The van der Waals surface area contributed by atoms with Crippen LogP contribution in [0, 0.1) is 20.2 Å². The lowest BCUT2D eigenvalue weighted by molar-refractivity contribution is -0.394. The largest absolute Gasteiger partial charge is 0.497 e. The molecule has 0 saturated carbocycles.